The van der Waals surface area contributed by atoms with Crippen LogP contribution in [-0.2, 0) is 17.8 Å². The summed E-state index contributed by atoms with van der Waals surface area (Å²) in [4.78, 5) is 2.46. The molecular formula is C17H32N2O2. The first kappa shape index (κ1) is 18.2. The Morgan fingerprint density at radius 2 is 2.10 bits per heavy atom. The summed E-state index contributed by atoms with van der Waals surface area (Å²) in [6, 6.07) is 2.64. The van der Waals surface area contributed by atoms with Crippen LogP contribution in [0, 0.1) is 5.92 Å². The molecule has 0 aliphatic heterocycles. The number of hydrogen-bond acceptors (Lipinski definition) is 4. The lowest BCUT2D eigenvalue weighted by Gasteiger charge is -2.28. The summed E-state index contributed by atoms with van der Waals surface area (Å²) in [7, 11) is 1.76. The van der Waals surface area contributed by atoms with Crippen LogP contribution < -0.4 is 5.32 Å². The Bertz CT molecular complexity index is 377. The highest BCUT2D eigenvalue weighted by Crippen LogP contribution is 2.16. The van der Waals surface area contributed by atoms with Crippen molar-refractivity contribution in [2.45, 2.75) is 53.2 Å². The van der Waals surface area contributed by atoms with E-state index >= 15 is 0 Å². The van der Waals surface area contributed by atoms with Gasteiger partial charge in [-0.1, -0.05) is 20.8 Å². The van der Waals surface area contributed by atoms with Crippen LogP contribution in [-0.4, -0.2) is 37.7 Å². The highest BCUT2D eigenvalue weighted by molar-refractivity contribution is 5.17. The van der Waals surface area contributed by atoms with Crippen molar-refractivity contribution < 1.29 is 9.15 Å². The molecule has 0 aliphatic carbocycles. The second-order valence-corrected chi connectivity index (χ2v) is 6.11. The van der Waals surface area contributed by atoms with E-state index in [0.29, 0.717) is 12.0 Å². The molecule has 1 aromatic rings. The largest absolute Gasteiger partial charge is 0.468 e. The monoisotopic (exact) mass is 296 g/mol. The van der Waals surface area contributed by atoms with Crippen molar-refractivity contribution >= 4 is 0 Å². The smallest absolute Gasteiger partial charge is 0.122 e. The van der Waals surface area contributed by atoms with Gasteiger partial charge in [-0.3, -0.25) is 4.90 Å². The summed E-state index contributed by atoms with van der Waals surface area (Å²) in [5, 5.41) is 3.45. The zero-order valence-corrected chi connectivity index (χ0v) is 14.3. The van der Waals surface area contributed by atoms with Gasteiger partial charge in [0.25, 0.3) is 0 Å². The molecule has 0 fully saturated rings. The van der Waals surface area contributed by atoms with E-state index in [2.05, 4.69) is 44.0 Å². The van der Waals surface area contributed by atoms with Crippen LogP contribution in [0.4, 0.5) is 0 Å². The van der Waals surface area contributed by atoms with Crippen LogP contribution in [0.1, 0.15) is 45.4 Å². The highest BCUT2D eigenvalue weighted by Gasteiger charge is 2.15. The predicted octanol–water partition coefficient (Wildman–Crippen LogP) is 3.27. The topological polar surface area (TPSA) is 37.6 Å². The molecule has 1 unspecified atom stereocenters. The van der Waals surface area contributed by atoms with Gasteiger partial charge in [-0.05, 0) is 31.9 Å². The summed E-state index contributed by atoms with van der Waals surface area (Å²) in [6.07, 6.45) is 2.94. The van der Waals surface area contributed by atoms with E-state index in [1.165, 1.54) is 5.56 Å². The van der Waals surface area contributed by atoms with Crippen molar-refractivity contribution in [3.63, 3.8) is 0 Å². The molecule has 21 heavy (non-hydrogen) atoms. The summed E-state index contributed by atoms with van der Waals surface area (Å²) >= 11 is 0. The van der Waals surface area contributed by atoms with Crippen LogP contribution in [0.3, 0.4) is 0 Å². The van der Waals surface area contributed by atoms with E-state index in [0.717, 1.165) is 45.0 Å². The van der Waals surface area contributed by atoms with Gasteiger partial charge in [-0.2, -0.15) is 0 Å². The molecule has 1 N–H and O–H groups in total. The van der Waals surface area contributed by atoms with Crippen LogP contribution in [0.25, 0.3) is 0 Å². The SMILES string of the molecule is CCC(C)N(CCOC)Cc1ccoc1CNCC(C)C. The minimum Gasteiger partial charge on any atom is -0.468 e. The molecule has 0 aromatic carbocycles. The molecular weight excluding hydrogens is 264 g/mol. The van der Waals surface area contributed by atoms with Crippen molar-refractivity contribution in [3.8, 4) is 0 Å². The fourth-order valence-corrected chi connectivity index (χ4v) is 2.28. The van der Waals surface area contributed by atoms with E-state index in [1.807, 2.05) is 0 Å². The minimum absolute atomic E-state index is 0.548. The van der Waals surface area contributed by atoms with Crippen molar-refractivity contribution in [2.24, 2.45) is 5.92 Å². The van der Waals surface area contributed by atoms with Crippen molar-refractivity contribution in [2.75, 3.05) is 26.8 Å². The zero-order valence-electron chi connectivity index (χ0n) is 14.3. The Morgan fingerprint density at radius 3 is 2.71 bits per heavy atom. The Balaban J connectivity index is 2.59. The first-order chi connectivity index (χ1) is 10.1. The fourth-order valence-electron chi connectivity index (χ4n) is 2.28. The number of furan rings is 1. The molecule has 0 saturated carbocycles. The molecule has 1 heterocycles. The number of hydrogen-bond donors (Lipinski definition) is 1. The molecule has 0 saturated heterocycles. The average molecular weight is 296 g/mol. The van der Waals surface area contributed by atoms with Gasteiger partial charge in [0.1, 0.15) is 5.76 Å². The van der Waals surface area contributed by atoms with E-state index in [1.54, 1.807) is 13.4 Å². The predicted molar refractivity (Wildman–Crippen MR) is 87.3 cm³/mol. The Kier molecular flexibility index (Phi) is 8.66. The highest BCUT2D eigenvalue weighted by atomic mass is 16.5. The lowest BCUT2D eigenvalue weighted by atomic mass is 10.1. The maximum absolute atomic E-state index is 5.64. The Labute approximate surface area is 129 Å². The summed E-state index contributed by atoms with van der Waals surface area (Å²) < 4.78 is 10.9. The molecule has 1 rings (SSSR count). The quantitative estimate of drug-likeness (QED) is 0.680. The molecule has 4 heteroatoms. The van der Waals surface area contributed by atoms with Crippen LogP contribution >= 0.6 is 0 Å². The third-order valence-corrected chi connectivity index (χ3v) is 3.85. The van der Waals surface area contributed by atoms with Gasteiger partial charge in [-0.15, -0.1) is 0 Å². The van der Waals surface area contributed by atoms with Gasteiger partial charge < -0.3 is 14.5 Å². The number of nitrogens with zero attached hydrogens (tertiary/aromatic N) is 1. The normalized spacial score (nSPS) is 13.3. The first-order valence-electron chi connectivity index (χ1n) is 8.07. The lowest BCUT2D eigenvalue weighted by molar-refractivity contribution is 0.117. The van der Waals surface area contributed by atoms with E-state index in [4.69, 9.17) is 9.15 Å². The second kappa shape index (κ2) is 9.98. The van der Waals surface area contributed by atoms with Gasteiger partial charge in [0.05, 0.1) is 19.4 Å². The molecule has 4 nitrogen and oxygen atoms in total. The second-order valence-electron chi connectivity index (χ2n) is 6.11. The number of ether oxygens (including phenoxy) is 1. The van der Waals surface area contributed by atoms with Gasteiger partial charge in [0.2, 0.25) is 0 Å². The van der Waals surface area contributed by atoms with Crippen LogP contribution in [0.2, 0.25) is 0 Å². The summed E-state index contributed by atoms with van der Waals surface area (Å²) in [5.41, 5.74) is 1.28. The third kappa shape index (κ3) is 6.64. The molecule has 0 bridgehead atoms. The fraction of sp³-hybridized carbons (Fsp3) is 0.765. The molecule has 0 radical (unpaired) electrons. The van der Waals surface area contributed by atoms with Gasteiger partial charge in [0.15, 0.2) is 0 Å². The third-order valence-electron chi connectivity index (χ3n) is 3.85. The summed E-state index contributed by atoms with van der Waals surface area (Å²) in [5.74, 6) is 1.71. The summed E-state index contributed by atoms with van der Waals surface area (Å²) in [6.45, 7) is 13.4. The Morgan fingerprint density at radius 1 is 1.33 bits per heavy atom. The molecule has 0 aliphatic rings. The number of rotatable bonds is 11. The number of nitrogens with one attached hydrogen (secondary N) is 1. The Hall–Kier alpha value is -0.840. The molecule has 0 spiro atoms. The standard InChI is InChI=1S/C17H32N2O2/c1-6-15(4)19(8-10-20-5)13-16-7-9-21-17(16)12-18-11-14(2)3/h7,9,14-15,18H,6,8,10-13H2,1-5H3. The van der Waals surface area contributed by atoms with Gasteiger partial charge in [-0.25, -0.2) is 0 Å². The maximum atomic E-state index is 5.64. The van der Waals surface area contributed by atoms with Gasteiger partial charge >= 0.3 is 0 Å². The molecule has 1 aromatic heterocycles. The zero-order chi connectivity index (χ0) is 15.7. The van der Waals surface area contributed by atoms with E-state index < -0.39 is 0 Å². The number of methoxy groups -OCH3 is 1. The van der Waals surface area contributed by atoms with Crippen LogP contribution in [0.15, 0.2) is 16.7 Å². The van der Waals surface area contributed by atoms with Crippen molar-refractivity contribution in [1.82, 2.24) is 10.2 Å². The molecule has 1 atom stereocenters. The van der Waals surface area contributed by atoms with Crippen molar-refractivity contribution in [1.29, 1.82) is 0 Å². The molecule has 0 amide bonds. The minimum atomic E-state index is 0.548. The molecule has 122 valence electrons. The lowest BCUT2D eigenvalue weighted by Crippen LogP contribution is -2.35. The van der Waals surface area contributed by atoms with Crippen molar-refractivity contribution in [3.05, 3.63) is 23.7 Å². The maximum Gasteiger partial charge on any atom is 0.122 e. The van der Waals surface area contributed by atoms with Crippen LogP contribution in [0.5, 0.6) is 0 Å². The van der Waals surface area contributed by atoms with E-state index in [9.17, 15) is 0 Å². The average Bonchev–Trinajstić information content (AvgIpc) is 2.89. The first-order valence-corrected chi connectivity index (χ1v) is 8.07. The van der Waals surface area contributed by atoms with Gasteiger partial charge in [0, 0.05) is 31.8 Å². The van der Waals surface area contributed by atoms with E-state index in [-0.39, 0.29) is 0 Å².